The van der Waals surface area contributed by atoms with Crippen LogP contribution in [0.4, 0.5) is 5.69 Å². The summed E-state index contributed by atoms with van der Waals surface area (Å²) in [6, 6.07) is 23.0. The van der Waals surface area contributed by atoms with Crippen molar-refractivity contribution in [3.63, 3.8) is 0 Å². The summed E-state index contributed by atoms with van der Waals surface area (Å²) in [5, 5.41) is 3.55. The number of halogens is 2. The molecule has 3 aromatic carbocycles. The number of rotatable bonds is 7. The average Bonchev–Trinajstić information content (AvgIpc) is 2.86. The van der Waals surface area contributed by atoms with Gasteiger partial charge in [0.05, 0.1) is 10.0 Å². The van der Waals surface area contributed by atoms with E-state index in [1.807, 2.05) is 30.3 Å². The molecule has 0 saturated carbocycles. The molecular formula is C26H25Cl2N3O2S. The van der Waals surface area contributed by atoms with Crippen LogP contribution in [-0.4, -0.2) is 53.5 Å². The lowest BCUT2D eigenvalue weighted by Crippen LogP contribution is -2.47. The molecule has 0 radical (unpaired) electrons. The normalized spacial score (nSPS) is 14.0. The monoisotopic (exact) mass is 513 g/mol. The van der Waals surface area contributed by atoms with E-state index in [1.54, 1.807) is 18.2 Å². The quantitative estimate of drug-likeness (QED) is 0.422. The molecule has 1 aliphatic rings. The van der Waals surface area contributed by atoms with E-state index in [-0.39, 0.29) is 12.5 Å². The smallest absolute Gasteiger partial charge is 0.262 e. The fourth-order valence-corrected chi connectivity index (χ4v) is 4.36. The van der Waals surface area contributed by atoms with Gasteiger partial charge < -0.3 is 15.0 Å². The van der Waals surface area contributed by atoms with Gasteiger partial charge in [0, 0.05) is 44.0 Å². The summed E-state index contributed by atoms with van der Waals surface area (Å²) >= 11 is 17.6. The minimum atomic E-state index is -0.286. The number of hydrogen-bond donors (Lipinski definition) is 1. The Morgan fingerprint density at radius 2 is 1.62 bits per heavy atom. The Bertz CT molecular complexity index is 1130. The van der Waals surface area contributed by atoms with E-state index < -0.39 is 0 Å². The summed E-state index contributed by atoms with van der Waals surface area (Å²) < 4.78 is 5.61. The topological polar surface area (TPSA) is 44.8 Å². The second-order valence-corrected chi connectivity index (χ2v) is 9.25. The molecule has 5 nitrogen and oxygen atoms in total. The van der Waals surface area contributed by atoms with Crippen LogP contribution in [0.2, 0.25) is 10.0 Å². The molecule has 0 atom stereocenters. The summed E-state index contributed by atoms with van der Waals surface area (Å²) in [7, 11) is 0. The second-order valence-electron chi connectivity index (χ2n) is 8.04. The SMILES string of the molecule is O=C(COc1ccc(C(=S)N2CCN(Cc3ccccc3)CC2)cc1)Nc1ccc(Cl)c(Cl)c1. The molecule has 0 spiro atoms. The average molecular weight is 514 g/mol. The lowest BCUT2D eigenvalue weighted by molar-refractivity contribution is -0.118. The van der Waals surface area contributed by atoms with E-state index in [4.69, 9.17) is 40.2 Å². The molecule has 3 aromatic rings. The molecule has 1 N–H and O–H groups in total. The number of hydrogen-bond acceptors (Lipinski definition) is 4. The first-order valence-electron chi connectivity index (χ1n) is 11.0. The highest BCUT2D eigenvalue weighted by Gasteiger charge is 2.20. The number of ether oxygens (including phenoxy) is 1. The number of anilines is 1. The molecular weight excluding hydrogens is 489 g/mol. The molecule has 176 valence electrons. The summed E-state index contributed by atoms with van der Waals surface area (Å²) in [6.45, 7) is 4.60. The lowest BCUT2D eigenvalue weighted by Gasteiger charge is -2.36. The van der Waals surface area contributed by atoms with Crippen LogP contribution in [0.3, 0.4) is 0 Å². The molecule has 1 fully saturated rings. The highest BCUT2D eigenvalue weighted by Crippen LogP contribution is 2.25. The van der Waals surface area contributed by atoms with Crippen molar-refractivity contribution < 1.29 is 9.53 Å². The van der Waals surface area contributed by atoms with Gasteiger partial charge in [-0.2, -0.15) is 0 Å². The van der Waals surface area contributed by atoms with Crippen molar-refractivity contribution in [3.05, 3.63) is 94.0 Å². The molecule has 34 heavy (non-hydrogen) atoms. The Morgan fingerprint density at radius 1 is 0.912 bits per heavy atom. The summed E-state index contributed by atoms with van der Waals surface area (Å²) in [4.78, 5) is 17.7. The zero-order chi connectivity index (χ0) is 23.9. The largest absolute Gasteiger partial charge is 0.484 e. The van der Waals surface area contributed by atoms with Crippen molar-refractivity contribution in [1.29, 1.82) is 0 Å². The van der Waals surface area contributed by atoms with Crippen molar-refractivity contribution >= 4 is 52.0 Å². The Morgan fingerprint density at radius 3 is 2.29 bits per heavy atom. The maximum Gasteiger partial charge on any atom is 0.262 e. The van der Waals surface area contributed by atoms with Crippen molar-refractivity contribution in [3.8, 4) is 5.75 Å². The van der Waals surface area contributed by atoms with Crippen molar-refractivity contribution in [2.75, 3.05) is 38.1 Å². The molecule has 0 unspecified atom stereocenters. The van der Waals surface area contributed by atoms with Crippen LogP contribution in [0, 0.1) is 0 Å². The zero-order valence-corrected chi connectivity index (χ0v) is 20.9. The zero-order valence-electron chi connectivity index (χ0n) is 18.5. The number of nitrogens with zero attached hydrogens (tertiary/aromatic N) is 2. The van der Waals surface area contributed by atoms with Gasteiger partial charge in [0.15, 0.2) is 6.61 Å². The maximum atomic E-state index is 12.2. The predicted molar refractivity (Wildman–Crippen MR) is 142 cm³/mol. The molecule has 4 rings (SSSR count). The summed E-state index contributed by atoms with van der Waals surface area (Å²) in [5.41, 5.74) is 2.87. The number of nitrogens with one attached hydrogen (secondary N) is 1. The molecule has 0 bridgehead atoms. The first-order chi connectivity index (χ1) is 16.5. The van der Waals surface area contributed by atoms with E-state index in [1.165, 1.54) is 5.56 Å². The Kier molecular flexibility index (Phi) is 8.40. The van der Waals surface area contributed by atoms with E-state index in [0.29, 0.717) is 21.5 Å². The number of amides is 1. The highest BCUT2D eigenvalue weighted by atomic mass is 35.5. The van der Waals surface area contributed by atoms with Crippen LogP contribution in [0.5, 0.6) is 5.75 Å². The first kappa shape index (κ1) is 24.5. The number of thiocarbonyl (C=S) groups is 1. The minimum absolute atomic E-state index is 0.118. The molecule has 0 aliphatic carbocycles. The van der Waals surface area contributed by atoms with Crippen molar-refractivity contribution in [2.45, 2.75) is 6.54 Å². The van der Waals surface area contributed by atoms with E-state index >= 15 is 0 Å². The van der Waals surface area contributed by atoms with Crippen LogP contribution in [-0.2, 0) is 11.3 Å². The number of piperazine rings is 1. The first-order valence-corrected chi connectivity index (χ1v) is 12.2. The number of benzene rings is 3. The van der Waals surface area contributed by atoms with Crippen molar-refractivity contribution in [2.24, 2.45) is 0 Å². The third-order valence-corrected chi connectivity index (χ3v) is 6.82. The van der Waals surface area contributed by atoms with Gasteiger partial charge in [-0.3, -0.25) is 9.69 Å². The summed E-state index contributed by atoms with van der Waals surface area (Å²) in [5.74, 6) is 0.315. The minimum Gasteiger partial charge on any atom is -0.484 e. The van der Waals surface area contributed by atoms with Crippen LogP contribution < -0.4 is 10.1 Å². The van der Waals surface area contributed by atoms with Crippen molar-refractivity contribution in [1.82, 2.24) is 9.80 Å². The molecule has 1 amide bonds. The Balaban J connectivity index is 1.23. The Labute approximate surface area is 215 Å². The molecule has 1 saturated heterocycles. The predicted octanol–water partition coefficient (Wildman–Crippen LogP) is 5.50. The van der Waals surface area contributed by atoms with Gasteiger partial charge in [-0.1, -0.05) is 65.8 Å². The van der Waals surface area contributed by atoms with Crippen LogP contribution in [0.25, 0.3) is 0 Å². The fourth-order valence-electron chi connectivity index (χ4n) is 3.75. The Hall–Kier alpha value is -2.64. The van der Waals surface area contributed by atoms with Crippen LogP contribution >= 0.6 is 35.4 Å². The van der Waals surface area contributed by atoms with Gasteiger partial charge >= 0.3 is 0 Å². The van der Waals surface area contributed by atoms with E-state index in [2.05, 4.69) is 39.4 Å². The second kappa shape index (κ2) is 11.7. The van der Waals surface area contributed by atoms with Gasteiger partial charge in [-0.15, -0.1) is 0 Å². The van der Waals surface area contributed by atoms with Gasteiger partial charge in [-0.25, -0.2) is 0 Å². The van der Waals surface area contributed by atoms with E-state index in [9.17, 15) is 4.79 Å². The van der Waals surface area contributed by atoms with Crippen LogP contribution in [0.1, 0.15) is 11.1 Å². The van der Waals surface area contributed by atoms with Gasteiger partial charge in [-0.05, 0) is 48.0 Å². The molecule has 0 aromatic heterocycles. The van der Waals surface area contributed by atoms with Gasteiger partial charge in [0.25, 0.3) is 5.91 Å². The third-order valence-electron chi connectivity index (χ3n) is 5.58. The van der Waals surface area contributed by atoms with Gasteiger partial charge in [0.1, 0.15) is 10.7 Å². The van der Waals surface area contributed by atoms with Gasteiger partial charge in [0.2, 0.25) is 0 Å². The summed E-state index contributed by atoms with van der Waals surface area (Å²) in [6.07, 6.45) is 0. The third kappa shape index (κ3) is 6.70. The molecule has 1 heterocycles. The standard InChI is InChI=1S/C26H25Cl2N3O2S/c27-23-11-8-21(16-24(23)28)29-25(32)18-33-22-9-6-20(7-10-22)26(34)31-14-12-30(13-15-31)17-19-4-2-1-3-5-19/h1-11,16H,12-15,17-18H2,(H,29,32). The highest BCUT2D eigenvalue weighted by molar-refractivity contribution is 7.80. The lowest BCUT2D eigenvalue weighted by atomic mass is 10.1. The molecule has 1 aliphatic heterocycles. The number of carbonyl (C=O) groups excluding carboxylic acids is 1. The van der Waals surface area contributed by atoms with E-state index in [0.717, 1.165) is 43.3 Å². The van der Waals surface area contributed by atoms with Crippen LogP contribution in [0.15, 0.2) is 72.8 Å². The number of carbonyl (C=O) groups is 1. The molecule has 8 heteroatoms. The maximum absolute atomic E-state index is 12.2. The fraction of sp³-hybridized carbons (Fsp3) is 0.231.